The zero-order valence-corrected chi connectivity index (χ0v) is 18.8. The summed E-state index contributed by atoms with van der Waals surface area (Å²) < 4.78 is 1.13. The first-order chi connectivity index (χ1) is 14.0. The molecule has 5 nitrogen and oxygen atoms in total. The van der Waals surface area contributed by atoms with Crippen molar-refractivity contribution in [3.05, 3.63) is 78.9 Å². The molecule has 4 rings (SSSR count). The standard InChI is InChI=1S/C22H21ClIN3O2/c23-20-15-17(24)8-7-16(20)11-14-25-12-3-4-13-26(25)21-9-10-22(27(28)29)19-6-2-1-5-18(19)21/h1-2,5-10,15H,3-4,11-14H2. The van der Waals surface area contributed by atoms with Gasteiger partial charge in [0.15, 0.2) is 0 Å². The zero-order valence-electron chi connectivity index (χ0n) is 15.9. The number of nitrogens with zero attached hydrogens (tertiary/aromatic N) is 3. The van der Waals surface area contributed by atoms with Gasteiger partial charge in [0.25, 0.3) is 5.69 Å². The quantitative estimate of drug-likeness (QED) is 0.232. The molecule has 7 heteroatoms. The molecule has 1 aliphatic heterocycles. The minimum absolute atomic E-state index is 0.151. The number of halogens is 2. The fraction of sp³-hybridized carbons (Fsp3) is 0.273. The Bertz CT molecular complexity index is 1060. The number of hydrogen-bond donors (Lipinski definition) is 0. The predicted molar refractivity (Wildman–Crippen MR) is 127 cm³/mol. The highest BCUT2D eigenvalue weighted by Crippen LogP contribution is 2.35. The molecular formula is C22H21ClIN3O2. The van der Waals surface area contributed by atoms with E-state index in [9.17, 15) is 10.1 Å². The van der Waals surface area contributed by atoms with Crippen molar-refractivity contribution in [2.24, 2.45) is 0 Å². The van der Waals surface area contributed by atoms with E-state index in [0.717, 1.165) is 64.1 Å². The van der Waals surface area contributed by atoms with Gasteiger partial charge in [0.05, 0.1) is 16.0 Å². The van der Waals surface area contributed by atoms with Crippen LogP contribution in [0.1, 0.15) is 18.4 Å². The molecule has 1 heterocycles. The monoisotopic (exact) mass is 521 g/mol. The van der Waals surface area contributed by atoms with Crippen molar-refractivity contribution < 1.29 is 4.92 Å². The van der Waals surface area contributed by atoms with Crippen LogP contribution in [0, 0.1) is 13.7 Å². The molecule has 3 aromatic carbocycles. The normalized spacial score (nSPS) is 15.0. The Morgan fingerprint density at radius 2 is 1.79 bits per heavy atom. The smallest absolute Gasteiger partial charge is 0.277 e. The molecule has 3 aromatic rings. The largest absolute Gasteiger partial charge is 0.305 e. The third-order valence-corrected chi connectivity index (χ3v) is 6.41. The average Bonchev–Trinajstić information content (AvgIpc) is 2.72. The second kappa shape index (κ2) is 8.85. The summed E-state index contributed by atoms with van der Waals surface area (Å²) >= 11 is 8.69. The van der Waals surface area contributed by atoms with E-state index in [1.165, 1.54) is 0 Å². The summed E-state index contributed by atoms with van der Waals surface area (Å²) in [4.78, 5) is 11.1. The number of benzene rings is 3. The van der Waals surface area contributed by atoms with Gasteiger partial charge in [-0.3, -0.25) is 10.1 Å². The molecule has 0 unspecified atom stereocenters. The SMILES string of the molecule is O=[N+]([O-])c1ccc(N2CCCCN2CCc2ccc(I)cc2Cl)c2ccccc12. The lowest BCUT2D eigenvalue weighted by molar-refractivity contribution is -0.383. The fourth-order valence-corrected chi connectivity index (χ4v) is 4.90. The number of anilines is 1. The van der Waals surface area contributed by atoms with Gasteiger partial charge in [-0.25, -0.2) is 5.01 Å². The first-order valence-electron chi connectivity index (χ1n) is 9.67. The van der Waals surface area contributed by atoms with Crippen LogP contribution in [0.5, 0.6) is 0 Å². The summed E-state index contributed by atoms with van der Waals surface area (Å²) in [7, 11) is 0. The third kappa shape index (κ3) is 4.34. The van der Waals surface area contributed by atoms with Crippen LogP contribution in [0.4, 0.5) is 11.4 Å². The second-order valence-electron chi connectivity index (χ2n) is 7.18. The van der Waals surface area contributed by atoms with Gasteiger partial charge in [0, 0.05) is 39.7 Å². The van der Waals surface area contributed by atoms with Crippen LogP contribution >= 0.6 is 34.2 Å². The number of rotatable bonds is 5. The molecule has 29 heavy (non-hydrogen) atoms. The fourth-order valence-electron chi connectivity index (χ4n) is 3.95. The van der Waals surface area contributed by atoms with E-state index in [0.29, 0.717) is 5.39 Å². The lowest BCUT2D eigenvalue weighted by Crippen LogP contribution is -2.48. The molecule has 150 valence electrons. The van der Waals surface area contributed by atoms with Crippen molar-refractivity contribution in [2.45, 2.75) is 19.3 Å². The van der Waals surface area contributed by atoms with Crippen LogP contribution in [0.2, 0.25) is 5.02 Å². The van der Waals surface area contributed by atoms with Gasteiger partial charge in [-0.1, -0.05) is 35.9 Å². The summed E-state index contributed by atoms with van der Waals surface area (Å²) in [6.07, 6.45) is 3.10. The van der Waals surface area contributed by atoms with Crippen LogP contribution < -0.4 is 5.01 Å². The Kier molecular flexibility index (Phi) is 6.22. The number of fused-ring (bicyclic) bond motifs is 1. The van der Waals surface area contributed by atoms with E-state index in [2.05, 4.69) is 44.7 Å². The van der Waals surface area contributed by atoms with E-state index >= 15 is 0 Å². The second-order valence-corrected chi connectivity index (χ2v) is 8.83. The molecule has 1 saturated heterocycles. The van der Waals surface area contributed by atoms with E-state index in [4.69, 9.17) is 11.6 Å². The van der Waals surface area contributed by atoms with Gasteiger partial charge >= 0.3 is 0 Å². The summed E-state index contributed by atoms with van der Waals surface area (Å²) in [6, 6.07) is 17.3. The van der Waals surface area contributed by atoms with Crippen molar-refractivity contribution in [3.8, 4) is 0 Å². The molecule has 1 fully saturated rings. The van der Waals surface area contributed by atoms with Gasteiger partial charge in [-0.05, 0) is 71.7 Å². The molecule has 0 radical (unpaired) electrons. The topological polar surface area (TPSA) is 49.6 Å². The number of hydrogen-bond acceptors (Lipinski definition) is 4. The number of nitro groups is 1. The molecular weight excluding hydrogens is 501 g/mol. The maximum absolute atomic E-state index is 11.5. The van der Waals surface area contributed by atoms with Crippen molar-refractivity contribution in [1.29, 1.82) is 0 Å². The summed E-state index contributed by atoms with van der Waals surface area (Å²) in [5.41, 5.74) is 2.32. The maximum atomic E-state index is 11.5. The molecule has 0 aliphatic carbocycles. The number of hydrazine groups is 1. The highest BCUT2D eigenvalue weighted by atomic mass is 127. The first kappa shape index (κ1) is 20.4. The maximum Gasteiger partial charge on any atom is 0.277 e. The zero-order chi connectivity index (χ0) is 20.4. The van der Waals surface area contributed by atoms with E-state index in [1.807, 2.05) is 36.4 Å². The van der Waals surface area contributed by atoms with Gasteiger partial charge < -0.3 is 5.01 Å². The molecule has 0 bridgehead atoms. The van der Waals surface area contributed by atoms with Crippen molar-refractivity contribution in [1.82, 2.24) is 5.01 Å². The Hall–Kier alpha value is -1.90. The molecule has 0 saturated carbocycles. The van der Waals surface area contributed by atoms with Gasteiger partial charge in [0.1, 0.15) is 0 Å². The number of non-ortho nitro benzene ring substituents is 1. The van der Waals surface area contributed by atoms with Crippen molar-refractivity contribution >= 4 is 56.3 Å². The Labute approximate surface area is 188 Å². The Balaban J connectivity index is 1.64. The van der Waals surface area contributed by atoms with Crippen LogP contribution in [0.15, 0.2) is 54.6 Å². The third-order valence-electron chi connectivity index (χ3n) is 5.38. The molecule has 0 amide bonds. The lowest BCUT2D eigenvalue weighted by atomic mass is 10.1. The minimum Gasteiger partial charge on any atom is -0.305 e. The highest BCUT2D eigenvalue weighted by molar-refractivity contribution is 14.1. The molecule has 0 atom stereocenters. The van der Waals surface area contributed by atoms with Crippen molar-refractivity contribution in [3.63, 3.8) is 0 Å². The first-order valence-corrected chi connectivity index (χ1v) is 11.1. The van der Waals surface area contributed by atoms with Crippen LogP contribution in [0.25, 0.3) is 10.8 Å². The summed E-state index contributed by atoms with van der Waals surface area (Å²) in [5.74, 6) is 0. The van der Waals surface area contributed by atoms with E-state index in [-0.39, 0.29) is 10.6 Å². The van der Waals surface area contributed by atoms with Crippen molar-refractivity contribution in [2.75, 3.05) is 24.6 Å². The van der Waals surface area contributed by atoms with Crippen LogP contribution in [-0.4, -0.2) is 29.6 Å². The van der Waals surface area contributed by atoms with Gasteiger partial charge in [-0.15, -0.1) is 0 Å². The van der Waals surface area contributed by atoms with Gasteiger partial charge in [0.2, 0.25) is 0 Å². The lowest BCUT2D eigenvalue weighted by Gasteiger charge is -2.41. The van der Waals surface area contributed by atoms with E-state index in [1.54, 1.807) is 6.07 Å². The molecule has 0 N–H and O–H groups in total. The Morgan fingerprint density at radius 3 is 2.55 bits per heavy atom. The summed E-state index contributed by atoms with van der Waals surface area (Å²) in [5, 5.41) is 18.5. The molecule has 1 aliphatic rings. The van der Waals surface area contributed by atoms with Gasteiger partial charge in [-0.2, -0.15) is 0 Å². The molecule has 0 spiro atoms. The average molecular weight is 522 g/mol. The minimum atomic E-state index is -0.307. The van der Waals surface area contributed by atoms with E-state index < -0.39 is 0 Å². The van der Waals surface area contributed by atoms with Crippen LogP contribution in [0.3, 0.4) is 0 Å². The summed E-state index contributed by atoms with van der Waals surface area (Å²) in [6.45, 7) is 2.72. The number of nitro benzene ring substituents is 1. The molecule has 0 aromatic heterocycles. The Morgan fingerprint density at radius 1 is 1.03 bits per heavy atom. The predicted octanol–water partition coefficient (Wildman–Crippen LogP) is 6.07. The van der Waals surface area contributed by atoms with Crippen LogP contribution in [-0.2, 0) is 6.42 Å². The highest BCUT2D eigenvalue weighted by Gasteiger charge is 2.24.